The average molecular weight is 401 g/mol. The highest BCUT2D eigenvalue weighted by Crippen LogP contribution is 2.25. The van der Waals surface area contributed by atoms with Crippen molar-refractivity contribution >= 4 is 22.7 Å². The van der Waals surface area contributed by atoms with Gasteiger partial charge in [0.05, 0.1) is 31.3 Å². The second-order valence-corrected chi connectivity index (χ2v) is 7.38. The van der Waals surface area contributed by atoms with Gasteiger partial charge in [-0.05, 0) is 37.1 Å². The Morgan fingerprint density at radius 3 is 1.59 bits per heavy atom. The molecule has 0 atom stereocenters. The molecule has 1 heterocycles. The number of nitrogen functional groups attached to an aromatic ring is 4. The van der Waals surface area contributed by atoms with Crippen LogP contribution in [0.4, 0.5) is 22.7 Å². The van der Waals surface area contributed by atoms with Gasteiger partial charge in [0.25, 0.3) is 0 Å². The normalized spacial score (nSPS) is 14.9. The van der Waals surface area contributed by atoms with Crippen molar-refractivity contribution in [3.05, 3.63) is 36.4 Å². The first-order chi connectivity index (χ1) is 14.0. The molecule has 0 bridgehead atoms. The lowest BCUT2D eigenvalue weighted by Crippen LogP contribution is -2.28. The fourth-order valence-corrected chi connectivity index (χ4v) is 3.36. The van der Waals surface area contributed by atoms with Crippen molar-refractivity contribution in [3.8, 4) is 11.5 Å². The maximum Gasteiger partial charge on any atom is 0.144 e. The van der Waals surface area contributed by atoms with E-state index in [-0.39, 0.29) is 0 Å². The molecular weight excluding hydrogens is 368 g/mol. The van der Waals surface area contributed by atoms with Crippen molar-refractivity contribution in [2.45, 2.75) is 12.8 Å². The molecule has 8 heteroatoms. The highest BCUT2D eigenvalue weighted by Gasteiger charge is 2.18. The van der Waals surface area contributed by atoms with E-state index in [0.717, 1.165) is 45.7 Å². The summed E-state index contributed by atoms with van der Waals surface area (Å²) in [5, 5.41) is 0. The average Bonchev–Trinajstić information content (AvgIpc) is 3.15. The number of nitrogens with two attached hydrogens (primary N) is 4. The van der Waals surface area contributed by atoms with Crippen LogP contribution in [-0.4, -0.2) is 55.9 Å². The van der Waals surface area contributed by atoms with E-state index in [9.17, 15) is 0 Å². The second kappa shape index (κ2) is 10.1. The van der Waals surface area contributed by atoms with Crippen LogP contribution in [-0.2, 0) is 0 Å². The molecule has 1 aliphatic rings. The number of hydrogen-bond acceptors (Lipinski definition) is 8. The molecule has 0 aliphatic carbocycles. The van der Waals surface area contributed by atoms with E-state index < -0.39 is 0 Å². The van der Waals surface area contributed by atoms with Crippen LogP contribution in [0.3, 0.4) is 0 Å². The minimum absolute atomic E-state index is 0.619. The summed E-state index contributed by atoms with van der Waals surface area (Å²) in [6.45, 7) is 6.36. The first kappa shape index (κ1) is 20.9. The van der Waals surface area contributed by atoms with Crippen LogP contribution in [0.15, 0.2) is 36.4 Å². The maximum absolute atomic E-state index is 5.90. The molecule has 158 valence electrons. The molecule has 0 amide bonds. The van der Waals surface area contributed by atoms with Gasteiger partial charge in [-0.25, -0.2) is 0 Å². The Morgan fingerprint density at radius 2 is 1.14 bits per heavy atom. The number of benzene rings is 2. The largest absolute Gasteiger partial charge is 0.491 e. The summed E-state index contributed by atoms with van der Waals surface area (Å²) in [5.74, 6) is 1.32. The lowest BCUT2D eigenvalue weighted by molar-refractivity contribution is 0.211. The van der Waals surface area contributed by atoms with E-state index in [1.54, 1.807) is 36.4 Å². The fraction of sp³-hybridized carbons (Fsp3) is 0.429. The van der Waals surface area contributed by atoms with Gasteiger partial charge in [0.2, 0.25) is 0 Å². The van der Waals surface area contributed by atoms with Crippen molar-refractivity contribution < 1.29 is 9.47 Å². The number of hydrogen-bond donors (Lipinski definition) is 4. The van der Waals surface area contributed by atoms with Crippen LogP contribution >= 0.6 is 0 Å². The predicted octanol–water partition coefficient (Wildman–Crippen LogP) is 1.83. The Morgan fingerprint density at radius 1 is 0.690 bits per heavy atom. The van der Waals surface area contributed by atoms with Crippen LogP contribution in [0.25, 0.3) is 0 Å². The van der Waals surface area contributed by atoms with Crippen molar-refractivity contribution in [2.75, 3.05) is 69.0 Å². The van der Waals surface area contributed by atoms with E-state index >= 15 is 0 Å². The standard InChI is InChI=1S/C21H32N6O2/c22-16-3-5-18(24)20(13-16)28-11-1-7-26-9-10-27(15-26)8-2-12-29-21-14-17(23)4-6-19(21)25/h3-6,13-14H,1-2,7-12,15,22-25H2. The highest BCUT2D eigenvalue weighted by atomic mass is 16.5. The van der Waals surface area contributed by atoms with Crippen molar-refractivity contribution in [1.29, 1.82) is 0 Å². The van der Waals surface area contributed by atoms with Crippen LogP contribution in [0.2, 0.25) is 0 Å². The zero-order valence-corrected chi connectivity index (χ0v) is 16.8. The van der Waals surface area contributed by atoms with Crippen molar-refractivity contribution in [2.24, 2.45) is 0 Å². The molecule has 1 aliphatic heterocycles. The lowest BCUT2D eigenvalue weighted by Gasteiger charge is -2.18. The minimum Gasteiger partial charge on any atom is -0.491 e. The summed E-state index contributed by atoms with van der Waals surface area (Å²) < 4.78 is 11.5. The third-order valence-corrected chi connectivity index (χ3v) is 4.96. The summed E-state index contributed by atoms with van der Waals surface area (Å²) >= 11 is 0. The molecule has 1 saturated heterocycles. The van der Waals surface area contributed by atoms with Gasteiger partial charge in [-0.15, -0.1) is 0 Å². The molecule has 8 nitrogen and oxygen atoms in total. The number of rotatable bonds is 10. The first-order valence-electron chi connectivity index (χ1n) is 10.0. The lowest BCUT2D eigenvalue weighted by atomic mass is 10.2. The Labute approximate surface area is 172 Å². The summed E-state index contributed by atoms with van der Waals surface area (Å²) in [6, 6.07) is 10.6. The van der Waals surface area contributed by atoms with Crippen LogP contribution in [0.1, 0.15) is 12.8 Å². The molecule has 2 aromatic rings. The van der Waals surface area contributed by atoms with Gasteiger partial charge in [-0.2, -0.15) is 0 Å². The smallest absolute Gasteiger partial charge is 0.144 e. The second-order valence-electron chi connectivity index (χ2n) is 7.38. The molecule has 0 aromatic heterocycles. The molecule has 0 spiro atoms. The van der Waals surface area contributed by atoms with Gasteiger partial charge in [0.15, 0.2) is 0 Å². The van der Waals surface area contributed by atoms with Crippen molar-refractivity contribution in [1.82, 2.24) is 9.80 Å². The molecule has 1 fully saturated rings. The third-order valence-electron chi connectivity index (χ3n) is 4.96. The Bertz CT molecular complexity index is 735. The van der Waals surface area contributed by atoms with Gasteiger partial charge in [-0.1, -0.05) is 0 Å². The molecular formula is C21H32N6O2. The monoisotopic (exact) mass is 400 g/mol. The molecule has 0 saturated carbocycles. The Kier molecular flexibility index (Phi) is 7.26. The first-order valence-corrected chi connectivity index (χ1v) is 10.0. The summed E-state index contributed by atoms with van der Waals surface area (Å²) in [6.07, 6.45) is 1.89. The zero-order chi connectivity index (χ0) is 20.6. The highest BCUT2D eigenvalue weighted by molar-refractivity contribution is 5.60. The van der Waals surface area contributed by atoms with Gasteiger partial charge >= 0.3 is 0 Å². The third kappa shape index (κ3) is 6.33. The molecule has 2 aromatic carbocycles. The number of anilines is 4. The van der Waals surface area contributed by atoms with Gasteiger partial charge < -0.3 is 32.4 Å². The van der Waals surface area contributed by atoms with Gasteiger partial charge in [0, 0.05) is 49.7 Å². The van der Waals surface area contributed by atoms with Crippen LogP contribution in [0, 0.1) is 0 Å². The number of ether oxygens (including phenoxy) is 2. The number of nitrogens with zero attached hydrogens (tertiary/aromatic N) is 2. The summed E-state index contributed by atoms with van der Waals surface area (Å²) in [7, 11) is 0. The van der Waals surface area contributed by atoms with E-state index in [4.69, 9.17) is 32.4 Å². The fourth-order valence-electron chi connectivity index (χ4n) is 3.36. The summed E-state index contributed by atoms with van der Waals surface area (Å²) in [5.41, 5.74) is 25.9. The summed E-state index contributed by atoms with van der Waals surface area (Å²) in [4.78, 5) is 4.87. The topological polar surface area (TPSA) is 129 Å². The van der Waals surface area contributed by atoms with Crippen LogP contribution in [0.5, 0.6) is 11.5 Å². The molecule has 8 N–H and O–H groups in total. The van der Waals surface area contributed by atoms with Crippen molar-refractivity contribution in [3.63, 3.8) is 0 Å². The van der Waals surface area contributed by atoms with E-state index in [1.165, 1.54) is 0 Å². The Hall–Kier alpha value is -2.84. The molecule has 0 radical (unpaired) electrons. The quantitative estimate of drug-likeness (QED) is 0.351. The Balaban J connectivity index is 1.28. The van der Waals surface area contributed by atoms with Crippen LogP contribution < -0.4 is 32.4 Å². The zero-order valence-electron chi connectivity index (χ0n) is 16.8. The maximum atomic E-state index is 5.90. The van der Waals surface area contributed by atoms with E-state index in [0.29, 0.717) is 47.5 Å². The molecule has 0 unspecified atom stereocenters. The SMILES string of the molecule is Nc1ccc(N)c(OCCCN2CCN(CCCOc3cc(N)ccc3N)C2)c1. The predicted molar refractivity (Wildman–Crippen MR) is 119 cm³/mol. The molecule has 29 heavy (non-hydrogen) atoms. The minimum atomic E-state index is 0.619. The van der Waals surface area contributed by atoms with Gasteiger partial charge in [0.1, 0.15) is 11.5 Å². The van der Waals surface area contributed by atoms with E-state index in [2.05, 4.69) is 9.80 Å². The van der Waals surface area contributed by atoms with Gasteiger partial charge in [-0.3, -0.25) is 9.80 Å². The van der Waals surface area contributed by atoms with E-state index in [1.807, 2.05) is 0 Å². The molecule has 3 rings (SSSR count).